The Bertz CT molecular complexity index is 1370. The number of carbonyl (C=O) groups is 1. The van der Waals surface area contributed by atoms with Gasteiger partial charge in [0.05, 0.1) is 30.4 Å². The van der Waals surface area contributed by atoms with E-state index in [2.05, 4.69) is 15.3 Å². The summed E-state index contributed by atoms with van der Waals surface area (Å²) >= 11 is 1.22. The minimum absolute atomic E-state index is 0.0832. The van der Waals surface area contributed by atoms with E-state index in [-0.39, 0.29) is 23.5 Å². The van der Waals surface area contributed by atoms with Gasteiger partial charge in [-0.3, -0.25) is 4.79 Å². The zero-order valence-electron chi connectivity index (χ0n) is 19.1. The van der Waals surface area contributed by atoms with Crippen molar-refractivity contribution >= 4 is 23.4 Å². The summed E-state index contributed by atoms with van der Waals surface area (Å²) in [6.45, 7) is 0. The lowest BCUT2D eigenvalue weighted by atomic mass is 10.0. The topological polar surface area (TPSA) is 85.8 Å². The number of hydrazone groups is 1. The third kappa shape index (κ3) is 4.57. The molecule has 1 atom stereocenters. The summed E-state index contributed by atoms with van der Waals surface area (Å²) in [6, 6.07) is 17.2. The maximum absolute atomic E-state index is 14.2. The Balaban J connectivity index is 1.35. The second-order valence-electron chi connectivity index (χ2n) is 7.88. The number of hydrogen-bond acceptors (Lipinski definition) is 7. The van der Waals surface area contributed by atoms with Gasteiger partial charge in [-0.1, -0.05) is 23.9 Å². The van der Waals surface area contributed by atoms with Crippen LogP contribution in [0.2, 0.25) is 0 Å². The molecule has 0 unspecified atom stereocenters. The number of nitrogens with zero attached hydrogens (tertiary/aromatic N) is 5. The van der Waals surface area contributed by atoms with E-state index in [4.69, 9.17) is 9.15 Å². The van der Waals surface area contributed by atoms with Gasteiger partial charge in [-0.15, -0.1) is 10.2 Å². The summed E-state index contributed by atoms with van der Waals surface area (Å²) in [7, 11) is 3.36. The van der Waals surface area contributed by atoms with Gasteiger partial charge in [0.25, 0.3) is 5.91 Å². The predicted octanol–water partition coefficient (Wildman–Crippen LogP) is 4.69. The number of furan rings is 1. The van der Waals surface area contributed by atoms with Crippen molar-refractivity contribution in [1.82, 2.24) is 19.8 Å². The number of benzene rings is 2. The molecule has 5 rings (SSSR count). The zero-order valence-corrected chi connectivity index (χ0v) is 19.9. The summed E-state index contributed by atoms with van der Waals surface area (Å²) in [5, 5.41) is 14.9. The third-order valence-electron chi connectivity index (χ3n) is 5.74. The summed E-state index contributed by atoms with van der Waals surface area (Å²) in [6.07, 6.45) is 2.11. The van der Waals surface area contributed by atoms with Crippen LogP contribution < -0.4 is 4.74 Å². The highest BCUT2D eigenvalue weighted by atomic mass is 32.2. The number of halogens is 1. The highest BCUT2D eigenvalue weighted by Crippen LogP contribution is 2.34. The summed E-state index contributed by atoms with van der Waals surface area (Å²) in [5.41, 5.74) is 2.05. The van der Waals surface area contributed by atoms with Gasteiger partial charge in [-0.2, -0.15) is 5.10 Å². The molecule has 0 bridgehead atoms. The normalized spacial score (nSPS) is 15.3. The van der Waals surface area contributed by atoms with Crippen molar-refractivity contribution in [2.45, 2.75) is 17.6 Å². The molecule has 10 heteroatoms. The van der Waals surface area contributed by atoms with Gasteiger partial charge in [0, 0.05) is 13.5 Å². The van der Waals surface area contributed by atoms with E-state index in [1.54, 1.807) is 49.3 Å². The molecule has 0 saturated carbocycles. The lowest BCUT2D eigenvalue weighted by molar-refractivity contribution is -0.130. The lowest BCUT2D eigenvalue weighted by Gasteiger charge is -2.19. The number of methoxy groups -OCH3 is 1. The van der Waals surface area contributed by atoms with Gasteiger partial charge < -0.3 is 13.7 Å². The van der Waals surface area contributed by atoms with Crippen molar-refractivity contribution in [3.8, 4) is 17.1 Å². The monoisotopic (exact) mass is 491 g/mol. The molecule has 0 saturated heterocycles. The van der Waals surface area contributed by atoms with Crippen LogP contribution in [-0.2, 0) is 11.8 Å². The van der Waals surface area contributed by atoms with Crippen LogP contribution in [-0.4, -0.2) is 44.3 Å². The van der Waals surface area contributed by atoms with Crippen LogP contribution in [0.3, 0.4) is 0 Å². The van der Waals surface area contributed by atoms with E-state index in [0.717, 1.165) is 17.0 Å². The van der Waals surface area contributed by atoms with Crippen molar-refractivity contribution in [2.24, 2.45) is 12.1 Å². The molecular weight excluding hydrogens is 469 g/mol. The van der Waals surface area contributed by atoms with Crippen LogP contribution in [0, 0.1) is 5.82 Å². The number of aromatic nitrogens is 3. The minimum Gasteiger partial charge on any atom is -0.497 e. The zero-order chi connectivity index (χ0) is 24.4. The summed E-state index contributed by atoms with van der Waals surface area (Å²) < 4.78 is 26.7. The first-order chi connectivity index (χ1) is 17.0. The quantitative estimate of drug-likeness (QED) is 0.349. The molecular formula is C25H22FN5O3S. The first-order valence-electron chi connectivity index (χ1n) is 10.9. The standard InChI is InChI=1S/C25H22FN5O3S/c1-30-24(18-6-3-4-7-19(18)26)27-28-25(30)35-15-23(32)31-21(22-8-5-13-34-22)14-20(29-31)16-9-11-17(33-2)12-10-16/h3-13,21H,14-15H2,1-2H3/t21-/m0/s1. The highest BCUT2D eigenvalue weighted by molar-refractivity contribution is 7.99. The van der Waals surface area contributed by atoms with Crippen LogP contribution in [0.25, 0.3) is 11.4 Å². The van der Waals surface area contributed by atoms with Crippen LogP contribution in [0.4, 0.5) is 4.39 Å². The molecule has 1 aliphatic heterocycles. The van der Waals surface area contributed by atoms with E-state index in [1.807, 2.05) is 30.3 Å². The smallest absolute Gasteiger partial charge is 0.253 e. The Morgan fingerprint density at radius 3 is 2.66 bits per heavy atom. The van der Waals surface area contributed by atoms with Crippen molar-refractivity contribution in [2.75, 3.05) is 12.9 Å². The average Bonchev–Trinajstić information content (AvgIpc) is 3.63. The maximum Gasteiger partial charge on any atom is 0.253 e. The van der Waals surface area contributed by atoms with Crippen LogP contribution in [0.15, 0.2) is 81.6 Å². The maximum atomic E-state index is 14.2. The second-order valence-corrected chi connectivity index (χ2v) is 8.83. The Labute approximate surface area is 205 Å². The van der Waals surface area contributed by atoms with Crippen molar-refractivity contribution in [3.63, 3.8) is 0 Å². The number of amides is 1. The Morgan fingerprint density at radius 1 is 1.14 bits per heavy atom. The van der Waals surface area contributed by atoms with Gasteiger partial charge in [-0.25, -0.2) is 9.40 Å². The molecule has 0 aliphatic carbocycles. The molecule has 1 aliphatic rings. The van der Waals surface area contributed by atoms with E-state index in [1.165, 1.54) is 22.8 Å². The van der Waals surface area contributed by atoms with E-state index < -0.39 is 0 Å². The highest BCUT2D eigenvalue weighted by Gasteiger charge is 2.35. The van der Waals surface area contributed by atoms with E-state index in [9.17, 15) is 9.18 Å². The fraction of sp³-hybridized carbons (Fsp3) is 0.200. The number of rotatable bonds is 7. The molecule has 3 heterocycles. The number of thioether (sulfide) groups is 1. The third-order valence-corrected chi connectivity index (χ3v) is 6.74. The second kappa shape index (κ2) is 9.75. The Kier molecular flexibility index (Phi) is 6.37. The molecule has 35 heavy (non-hydrogen) atoms. The van der Waals surface area contributed by atoms with Crippen molar-refractivity contribution in [1.29, 1.82) is 0 Å². The minimum atomic E-state index is -0.380. The average molecular weight is 492 g/mol. The fourth-order valence-corrected chi connectivity index (χ4v) is 4.67. The van der Waals surface area contributed by atoms with Gasteiger partial charge in [0.1, 0.15) is 23.4 Å². The van der Waals surface area contributed by atoms with Crippen LogP contribution in [0.5, 0.6) is 5.75 Å². The Hall–Kier alpha value is -3.92. The molecule has 0 spiro atoms. The van der Waals surface area contributed by atoms with Crippen LogP contribution >= 0.6 is 11.8 Å². The number of ether oxygens (including phenoxy) is 1. The molecule has 2 aromatic carbocycles. The molecule has 0 radical (unpaired) electrons. The van der Waals surface area contributed by atoms with E-state index >= 15 is 0 Å². The van der Waals surface area contributed by atoms with E-state index in [0.29, 0.717) is 28.7 Å². The van der Waals surface area contributed by atoms with Gasteiger partial charge in [-0.05, 0) is 54.1 Å². The van der Waals surface area contributed by atoms with Crippen molar-refractivity contribution in [3.05, 3.63) is 84.1 Å². The summed E-state index contributed by atoms with van der Waals surface area (Å²) in [5.74, 6) is 1.31. The molecule has 178 valence electrons. The number of hydrogen-bond donors (Lipinski definition) is 0. The molecule has 0 N–H and O–H groups in total. The molecule has 2 aromatic heterocycles. The molecule has 4 aromatic rings. The molecule has 1 amide bonds. The molecule has 0 fully saturated rings. The SMILES string of the molecule is COc1ccc(C2=NN(C(=O)CSc3nnc(-c4ccccc4F)n3C)[C@H](c3ccco3)C2)cc1. The lowest BCUT2D eigenvalue weighted by Crippen LogP contribution is -2.28. The van der Waals surface area contributed by atoms with Crippen LogP contribution in [0.1, 0.15) is 23.8 Å². The molecule has 8 nitrogen and oxygen atoms in total. The van der Waals surface area contributed by atoms with Crippen molar-refractivity contribution < 1.29 is 18.3 Å². The first-order valence-corrected chi connectivity index (χ1v) is 11.9. The van der Waals surface area contributed by atoms with Gasteiger partial charge >= 0.3 is 0 Å². The summed E-state index contributed by atoms with van der Waals surface area (Å²) in [4.78, 5) is 13.3. The predicted molar refractivity (Wildman–Crippen MR) is 130 cm³/mol. The van der Waals surface area contributed by atoms with Gasteiger partial charge in [0.2, 0.25) is 0 Å². The number of carbonyl (C=O) groups excluding carboxylic acids is 1. The largest absolute Gasteiger partial charge is 0.497 e. The Morgan fingerprint density at radius 2 is 1.94 bits per heavy atom. The fourth-order valence-electron chi connectivity index (χ4n) is 3.91. The van der Waals surface area contributed by atoms with Gasteiger partial charge in [0.15, 0.2) is 11.0 Å². The first kappa shape index (κ1) is 22.9.